The number of hydrogen-bond acceptors (Lipinski definition) is 5. The summed E-state index contributed by atoms with van der Waals surface area (Å²) in [6, 6.07) is 1.60. The van der Waals surface area contributed by atoms with Gasteiger partial charge in [-0.3, -0.25) is 10.1 Å². The zero-order chi connectivity index (χ0) is 20.7. The molecule has 1 aromatic rings. The predicted octanol–water partition coefficient (Wildman–Crippen LogP) is 3.10. The maximum atomic E-state index is 12.4. The molecule has 1 rings (SSSR count). The molecule has 0 aromatic carbocycles. The lowest BCUT2D eigenvalue weighted by molar-refractivity contribution is -0.130. The van der Waals surface area contributed by atoms with E-state index in [2.05, 4.69) is 10.5 Å². The lowest BCUT2D eigenvalue weighted by atomic mass is 9.90. The first-order valence-corrected chi connectivity index (χ1v) is 9.56. The van der Waals surface area contributed by atoms with Crippen molar-refractivity contribution in [2.45, 2.75) is 50.5 Å². The molecule has 0 unspecified atom stereocenters. The summed E-state index contributed by atoms with van der Waals surface area (Å²) >= 11 is 0.385. The van der Waals surface area contributed by atoms with Crippen molar-refractivity contribution < 1.29 is 32.0 Å². The van der Waals surface area contributed by atoms with E-state index in [4.69, 9.17) is 14.0 Å². The molecule has 0 aliphatic heterocycles. The zero-order valence-corrected chi connectivity index (χ0v) is 17.2. The number of nitrogens with one attached hydrogen (secondary N) is 1. The lowest BCUT2D eigenvalue weighted by Crippen LogP contribution is -2.39. The summed E-state index contributed by atoms with van der Waals surface area (Å²) in [6.07, 6.45) is -5.15. The van der Waals surface area contributed by atoms with Crippen LogP contribution in [0.25, 0.3) is 0 Å². The normalized spacial score (nSPS) is 13.0. The Morgan fingerprint density at radius 2 is 1.93 bits per heavy atom. The first-order valence-electron chi connectivity index (χ1n) is 8.48. The van der Waals surface area contributed by atoms with Gasteiger partial charge in [0.25, 0.3) is 5.91 Å². The van der Waals surface area contributed by atoms with Crippen molar-refractivity contribution in [1.29, 1.82) is 0 Å². The second-order valence-electron chi connectivity index (χ2n) is 7.27. The maximum absolute atomic E-state index is 12.4. The standard InChI is InChI=1S/C17H27F3N2O4S/c1-15(2,11-25-8-7-24-5)12-10-13(26-22-12)21-14(23)16(3,4)27-9-6-17(18,19)20/h10H,6-9,11H2,1-5H3,(H,21,23)/p+1. The largest absolute Gasteiger partial charge is 0.393 e. The van der Waals surface area contributed by atoms with Crippen LogP contribution in [0.4, 0.5) is 19.1 Å². The quantitative estimate of drug-likeness (QED) is 0.343. The van der Waals surface area contributed by atoms with Gasteiger partial charge in [0.2, 0.25) is 5.88 Å². The van der Waals surface area contributed by atoms with Crippen molar-refractivity contribution in [1.82, 2.24) is 5.16 Å². The molecular weight excluding hydrogens is 385 g/mol. The number of carbonyl (C=O) groups is 1. The summed E-state index contributed by atoms with van der Waals surface area (Å²) in [7, 11) is 1.59. The first-order chi connectivity index (χ1) is 12.4. The van der Waals surface area contributed by atoms with E-state index < -0.39 is 28.7 Å². The van der Waals surface area contributed by atoms with Gasteiger partial charge < -0.3 is 14.0 Å². The third-order valence-electron chi connectivity index (χ3n) is 3.79. The molecule has 0 spiro atoms. The Bertz CT molecular complexity index is 603. The van der Waals surface area contributed by atoms with Crippen molar-refractivity contribution in [3.63, 3.8) is 0 Å². The van der Waals surface area contributed by atoms with E-state index in [0.717, 1.165) is 0 Å². The summed E-state index contributed by atoms with van der Waals surface area (Å²) < 4.78 is 51.4. The van der Waals surface area contributed by atoms with Gasteiger partial charge in [-0.25, -0.2) is 0 Å². The number of hydrogen-bond donors (Lipinski definition) is 1. The highest BCUT2D eigenvalue weighted by atomic mass is 32.2. The van der Waals surface area contributed by atoms with Crippen molar-refractivity contribution in [2.24, 2.45) is 0 Å². The van der Waals surface area contributed by atoms with E-state index in [1.807, 2.05) is 13.8 Å². The molecule has 6 nitrogen and oxygen atoms in total. The van der Waals surface area contributed by atoms with Gasteiger partial charge in [0, 0.05) is 18.6 Å². The van der Waals surface area contributed by atoms with Gasteiger partial charge in [0.1, 0.15) is 5.75 Å². The van der Waals surface area contributed by atoms with Crippen molar-refractivity contribution in [3.8, 4) is 0 Å². The van der Waals surface area contributed by atoms with Gasteiger partial charge in [0.05, 0.1) is 31.9 Å². The monoisotopic (exact) mass is 413 g/mol. The molecule has 0 fully saturated rings. The van der Waals surface area contributed by atoms with E-state index >= 15 is 0 Å². The number of carbonyl (C=O) groups excluding carboxylic acids is 1. The number of amides is 1. The molecular formula is C17H28F3N2O4S+. The minimum absolute atomic E-state index is 0.141. The molecule has 1 heterocycles. The number of nitrogens with zero attached hydrogens (tertiary/aromatic N) is 1. The SMILES string of the molecule is COCCOCC(C)(C)c1cc(NC(=O)C(C)(C)[SH+]CCC(F)(F)F)on1. The summed E-state index contributed by atoms with van der Waals surface area (Å²) in [4.78, 5) is 12.4. The molecule has 0 radical (unpaired) electrons. The number of aromatic nitrogens is 1. The van der Waals surface area contributed by atoms with Crippen LogP contribution in [0.5, 0.6) is 0 Å². The molecule has 0 bridgehead atoms. The zero-order valence-electron chi connectivity index (χ0n) is 16.3. The third kappa shape index (κ3) is 8.52. The molecule has 156 valence electrons. The molecule has 0 atom stereocenters. The Morgan fingerprint density at radius 1 is 1.26 bits per heavy atom. The van der Waals surface area contributed by atoms with E-state index in [9.17, 15) is 18.0 Å². The van der Waals surface area contributed by atoms with Crippen LogP contribution in [0.1, 0.15) is 39.8 Å². The fourth-order valence-electron chi connectivity index (χ4n) is 2.00. The van der Waals surface area contributed by atoms with Gasteiger partial charge >= 0.3 is 6.18 Å². The molecule has 0 saturated heterocycles. The highest BCUT2D eigenvalue weighted by molar-refractivity contribution is 7.80. The highest BCUT2D eigenvalue weighted by Gasteiger charge is 2.39. The minimum atomic E-state index is -4.23. The smallest absolute Gasteiger partial charge is 0.382 e. The summed E-state index contributed by atoms with van der Waals surface area (Å²) in [5, 5.41) is 6.55. The third-order valence-corrected chi connectivity index (χ3v) is 5.23. The predicted molar refractivity (Wildman–Crippen MR) is 99.2 cm³/mol. The number of rotatable bonds is 11. The Labute approximate surface area is 161 Å². The van der Waals surface area contributed by atoms with Crippen LogP contribution in [0.2, 0.25) is 0 Å². The number of ether oxygens (including phenoxy) is 2. The fourth-order valence-corrected chi connectivity index (χ4v) is 3.12. The van der Waals surface area contributed by atoms with Crippen LogP contribution in [-0.4, -0.2) is 54.7 Å². The second-order valence-corrected chi connectivity index (χ2v) is 9.15. The van der Waals surface area contributed by atoms with E-state index in [1.54, 1.807) is 27.0 Å². The molecule has 1 N–H and O–H groups in total. The number of anilines is 1. The van der Waals surface area contributed by atoms with Crippen molar-refractivity contribution in [2.75, 3.05) is 38.0 Å². The van der Waals surface area contributed by atoms with Gasteiger partial charge in [0.15, 0.2) is 4.75 Å². The Morgan fingerprint density at radius 3 is 2.52 bits per heavy atom. The van der Waals surface area contributed by atoms with Crippen molar-refractivity contribution in [3.05, 3.63) is 11.8 Å². The van der Waals surface area contributed by atoms with Crippen LogP contribution in [-0.2, 0) is 31.4 Å². The molecule has 0 aliphatic rings. The van der Waals surface area contributed by atoms with Crippen LogP contribution >= 0.6 is 0 Å². The minimum Gasteiger partial charge on any atom is -0.382 e. The molecule has 1 amide bonds. The topological polar surface area (TPSA) is 73.6 Å². The van der Waals surface area contributed by atoms with Gasteiger partial charge in [-0.05, 0) is 25.6 Å². The van der Waals surface area contributed by atoms with Crippen LogP contribution in [0.15, 0.2) is 10.6 Å². The molecule has 0 saturated carbocycles. The van der Waals surface area contributed by atoms with Gasteiger partial charge in [-0.1, -0.05) is 19.0 Å². The van der Waals surface area contributed by atoms with Gasteiger partial charge in [-0.2, -0.15) is 13.2 Å². The second kappa shape index (κ2) is 9.79. The van der Waals surface area contributed by atoms with Crippen LogP contribution < -0.4 is 5.32 Å². The average molecular weight is 413 g/mol. The first kappa shape index (κ1) is 23.8. The Balaban J connectivity index is 2.60. The fraction of sp³-hybridized carbons (Fsp3) is 0.765. The summed E-state index contributed by atoms with van der Waals surface area (Å²) in [5.41, 5.74) is 0.156. The Kier molecular flexibility index (Phi) is 8.62. The van der Waals surface area contributed by atoms with Crippen molar-refractivity contribution >= 4 is 23.6 Å². The maximum Gasteiger partial charge on any atom is 0.393 e. The van der Waals surface area contributed by atoms with Crippen LogP contribution in [0.3, 0.4) is 0 Å². The molecule has 10 heteroatoms. The van der Waals surface area contributed by atoms with E-state index in [1.165, 1.54) is 0 Å². The number of halogens is 3. The highest BCUT2D eigenvalue weighted by Crippen LogP contribution is 2.26. The average Bonchev–Trinajstić information content (AvgIpc) is 2.99. The summed E-state index contributed by atoms with van der Waals surface area (Å²) in [5.74, 6) is -0.417. The number of thiol groups is 1. The number of methoxy groups -OCH3 is 1. The van der Waals surface area contributed by atoms with E-state index in [0.29, 0.717) is 37.3 Å². The van der Waals surface area contributed by atoms with Gasteiger partial charge in [-0.15, -0.1) is 0 Å². The number of alkyl halides is 3. The van der Waals surface area contributed by atoms with Crippen LogP contribution in [0, 0.1) is 0 Å². The molecule has 1 aromatic heterocycles. The molecule has 27 heavy (non-hydrogen) atoms. The van der Waals surface area contributed by atoms with E-state index in [-0.39, 0.29) is 11.6 Å². The summed E-state index contributed by atoms with van der Waals surface area (Å²) in [6.45, 7) is 8.34. The lowest BCUT2D eigenvalue weighted by Gasteiger charge is -2.21. The Hall–Kier alpha value is -1.26. The molecule has 0 aliphatic carbocycles.